The Labute approximate surface area is 139 Å². The second-order valence-electron chi connectivity index (χ2n) is 5.38. The van der Waals surface area contributed by atoms with Gasteiger partial charge in [-0.2, -0.15) is 0 Å². The molecule has 2 aromatic carbocycles. The monoisotopic (exact) mass is 319 g/mol. The Morgan fingerprint density at radius 2 is 1.62 bits per heavy atom. The summed E-state index contributed by atoms with van der Waals surface area (Å²) >= 11 is 0. The Kier molecular flexibility index (Phi) is 4.43. The third kappa shape index (κ3) is 3.52. The van der Waals surface area contributed by atoms with E-state index in [0.29, 0.717) is 17.7 Å². The van der Waals surface area contributed by atoms with Crippen molar-refractivity contribution in [3.8, 4) is 5.69 Å². The zero-order chi connectivity index (χ0) is 16.9. The molecule has 0 saturated carbocycles. The van der Waals surface area contributed by atoms with Crippen LogP contribution < -0.4 is 11.1 Å². The summed E-state index contributed by atoms with van der Waals surface area (Å²) < 4.78 is 1.97. The molecule has 0 saturated heterocycles. The smallest absolute Gasteiger partial charge is 0.251 e. The van der Waals surface area contributed by atoms with Crippen molar-refractivity contribution < 1.29 is 9.59 Å². The molecule has 5 heteroatoms. The molecule has 0 atom stereocenters. The summed E-state index contributed by atoms with van der Waals surface area (Å²) in [6, 6.07) is 18.1. The normalized spacial score (nSPS) is 10.3. The van der Waals surface area contributed by atoms with E-state index < -0.39 is 5.91 Å². The molecule has 2 amide bonds. The maximum Gasteiger partial charge on any atom is 0.251 e. The van der Waals surface area contributed by atoms with E-state index in [1.54, 1.807) is 30.3 Å². The number of carbonyl (C=O) groups excluding carboxylic acids is 2. The Bertz CT molecular complexity index is 853. The lowest BCUT2D eigenvalue weighted by molar-refractivity contribution is 0.0950. The maximum atomic E-state index is 12.2. The highest BCUT2D eigenvalue weighted by Crippen LogP contribution is 2.10. The molecule has 0 aliphatic carbocycles. The lowest BCUT2D eigenvalue weighted by Crippen LogP contribution is -2.23. The van der Waals surface area contributed by atoms with Gasteiger partial charge in [-0.05, 0) is 54.1 Å². The molecule has 0 aliphatic heterocycles. The van der Waals surface area contributed by atoms with Crippen LogP contribution in [0.1, 0.15) is 26.3 Å². The van der Waals surface area contributed by atoms with E-state index >= 15 is 0 Å². The Morgan fingerprint density at radius 3 is 2.29 bits per heavy atom. The molecular formula is C19H17N3O2. The van der Waals surface area contributed by atoms with Gasteiger partial charge in [0.2, 0.25) is 5.91 Å². The Balaban J connectivity index is 1.65. The van der Waals surface area contributed by atoms with Gasteiger partial charge in [0.15, 0.2) is 0 Å². The van der Waals surface area contributed by atoms with Crippen LogP contribution in [0, 0.1) is 0 Å². The number of hydrogen-bond donors (Lipinski definition) is 2. The first-order valence-electron chi connectivity index (χ1n) is 7.54. The minimum Gasteiger partial charge on any atom is -0.366 e. The topological polar surface area (TPSA) is 77.1 Å². The van der Waals surface area contributed by atoms with Gasteiger partial charge < -0.3 is 15.6 Å². The van der Waals surface area contributed by atoms with Crippen molar-refractivity contribution in [2.75, 3.05) is 0 Å². The number of rotatable bonds is 5. The van der Waals surface area contributed by atoms with Crippen LogP contribution in [0.15, 0.2) is 73.1 Å². The first kappa shape index (κ1) is 15.6. The van der Waals surface area contributed by atoms with Crippen molar-refractivity contribution >= 4 is 11.8 Å². The van der Waals surface area contributed by atoms with Gasteiger partial charge >= 0.3 is 0 Å². The number of primary amides is 1. The van der Waals surface area contributed by atoms with Gasteiger partial charge in [-0.15, -0.1) is 0 Å². The molecule has 0 fully saturated rings. The Morgan fingerprint density at radius 1 is 0.917 bits per heavy atom. The van der Waals surface area contributed by atoms with Gasteiger partial charge in [0.05, 0.1) is 0 Å². The van der Waals surface area contributed by atoms with Crippen LogP contribution in [0.5, 0.6) is 0 Å². The van der Waals surface area contributed by atoms with Gasteiger partial charge in [0, 0.05) is 35.8 Å². The van der Waals surface area contributed by atoms with Gasteiger partial charge in [-0.3, -0.25) is 9.59 Å². The fourth-order valence-corrected chi connectivity index (χ4v) is 2.41. The van der Waals surface area contributed by atoms with Crippen molar-refractivity contribution in [2.45, 2.75) is 6.54 Å². The third-order valence-electron chi connectivity index (χ3n) is 3.70. The first-order valence-corrected chi connectivity index (χ1v) is 7.54. The minimum atomic E-state index is -0.483. The molecule has 1 aromatic heterocycles. The zero-order valence-electron chi connectivity index (χ0n) is 13.0. The van der Waals surface area contributed by atoms with Gasteiger partial charge in [-0.1, -0.05) is 12.1 Å². The average Bonchev–Trinajstić information content (AvgIpc) is 3.14. The molecule has 0 aliphatic rings. The predicted octanol–water partition coefficient (Wildman–Crippen LogP) is 2.51. The summed E-state index contributed by atoms with van der Waals surface area (Å²) in [5.74, 6) is -0.651. The third-order valence-corrected chi connectivity index (χ3v) is 3.70. The van der Waals surface area contributed by atoms with Gasteiger partial charge in [-0.25, -0.2) is 0 Å². The molecule has 0 spiro atoms. The van der Waals surface area contributed by atoms with Gasteiger partial charge in [0.1, 0.15) is 0 Å². The van der Waals surface area contributed by atoms with Crippen molar-refractivity contribution in [1.29, 1.82) is 0 Å². The van der Waals surface area contributed by atoms with Crippen molar-refractivity contribution in [3.05, 3.63) is 89.7 Å². The number of hydrogen-bond acceptors (Lipinski definition) is 2. The summed E-state index contributed by atoms with van der Waals surface area (Å²) in [6.45, 7) is 0.333. The molecule has 0 unspecified atom stereocenters. The number of benzene rings is 2. The second-order valence-corrected chi connectivity index (χ2v) is 5.38. The summed E-state index contributed by atoms with van der Waals surface area (Å²) in [5, 5.41) is 2.84. The Hall–Kier alpha value is -3.34. The number of nitrogens with zero attached hydrogens (tertiary/aromatic N) is 1. The molecule has 3 aromatic rings. The molecule has 1 heterocycles. The number of aromatic nitrogens is 1. The molecular weight excluding hydrogens is 302 g/mol. The van der Waals surface area contributed by atoms with Crippen molar-refractivity contribution in [2.24, 2.45) is 5.73 Å². The number of nitrogens with one attached hydrogen (secondary N) is 1. The summed E-state index contributed by atoms with van der Waals surface area (Å²) in [6.07, 6.45) is 3.89. The fourth-order valence-electron chi connectivity index (χ4n) is 2.41. The number of carbonyl (C=O) groups is 2. The van der Waals surface area contributed by atoms with Crippen LogP contribution in [0.3, 0.4) is 0 Å². The molecule has 24 heavy (non-hydrogen) atoms. The van der Waals surface area contributed by atoms with Crippen LogP contribution in [-0.2, 0) is 6.54 Å². The van der Waals surface area contributed by atoms with Crippen LogP contribution in [0.4, 0.5) is 0 Å². The molecule has 120 valence electrons. The van der Waals surface area contributed by atoms with E-state index in [1.165, 1.54) is 0 Å². The standard InChI is InChI=1S/C19H17N3O2/c20-18(23)16-5-3-4-14(12-16)13-21-19(24)15-6-8-17(9-7-15)22-10-1-2-11-22/h1-12H,13H2,(H2,20,23)(H,21,24). The molecule has 3 rings (SSSR count). The van der Waals surface area contributed by atoms with Crippen LogP contribution in [-0.4, -0.2) is 16.4 Å². The van der Waals surface area contributed by atoms with Crippen LogP contribution in [0.2, 0.25) is 0 Å². The van der Waals surface area contributed by atoms with Gasteiger partial charge in [0.25, 0.3) is 5.91 Å². The van der Waals surface area contributed by atoms with E-state index in [1.807, 2.05) is 47.3 Å². The zero-order valence-corrected chi connectivity index (χ0v) is 13.0. The quantitative estimate of drug-likeness (QED) is 0.758. The summed E-state index contributed by atoms with van der Waals surface area (Å²) in [4.78, 5) is 23.4. The fraction of sp³-hybridized carbons (Fsp3) is 0.0526. The molecule has 0 bridgehead atoms. The number of amides is 2. The minimum absolute atomic E-state index is 0.168. The molecule has 0 radical (unpaired) electrons. The maximum absolute atomic E-state index is 12.2. The van der Waals surface area contributed by atoms with E-state index in [-0.39, 0.29) is 5.91 Å². The van der Waals surface area contributed by atoms with Crippen molar-refractivity contribution in [1.82, 2.24) is 9.88 Å². The SMILES string of the molecule is NC(=O)c1cccc(CNC(=O)c2ccc(-n3cccc3)cc2)c1. The first-order chi connectivity index (χ1) is 11.6. The van der Waals surface area contributed by atoms with Crippen LogP contribution in [0.25, 0.3) is 5.69 Å². The summed E-state index contributed by atoms with van der Waals surface area (Å²) in [7, 11) is 0. The van der Waals surface area contributed by atoms with E-state index in [9.17, 15) is 9.59 Å². The highest BCUT2D eigenvalue weighted by molar-refractivity contribution is 5.94. The molecule has 3 N–H and O–H groups in total. The lowest BCUT2D eigenvalue weighted by atomic mass is 10.1. The van der Waals surface area contributed by atoms with E-state index in [4.69, 9.17) is 5.73 Å². The van der Waals surface area contributed by atoms with Crippen molar-refractivity contribution in [3.63, 3.8) is 0 Å². The highest BCUT2D eigenvalue weighted by atomic mass is 16.2. The molecule has 5 nitrogen and oxygen atoms in total. The average molecular weight is 319 g/mol. The highest BCUT2D eigenvalue weighted by Gasteiger charge is 2.07. The largest absolute Gasteiger partial charge is 0.366 e. The summed E-state index contributed by atoms with van der Waals surface area (Å²) in [5.41, 5.74) is 8.08. The predicted molar refractivity (Wildman–Crippen MR) is 91.9 cm³/mol. The van der Waals surface area contributed by atoms with E-state index in [0.717, 1.165) is 11.3 Å². The van der Waals surface area contributed by atoms with Crippen LogP contribution >= 0.6 is 0 Å². The number of nitrogens with two attached hydrogens (primary N) is 1. The lowest BCUT2D eigenvalue weighted by Gasteiger charge is -2.08. The van der Waals surface area contributed by atoms with E-state index in [2.05, 4.69) is 5.32 Å². The second kappa shape index (κ2) is 6.83.